The predicted molar refractivity (Wildman–Crippen MR) is 89.8 cm³/mol. The fraction of sp³-hybridized carbons (Fsp3) is 0.316. The third kappa shape index (κ3) is 2.17. The number of urea groups is 1. The Balaban J connectivity index is 1.82. The van der Waals surface area contributed by atoms with Crippen molar-refractivity contribution in [2.75, 3.05) is 4.90 Å². The molecule has 23 heavy (non-hydrogen) atoms. The lowest BCUT2D eigenvalue weighted by atomic mass is 9.90. The summed E-state index contributed by atoms with van der Waals surface area (Å²) in [6.07, 6.45) is 0.725. The van der Waals surface area contributed by atoms with Crippen molar-refractivity contribution in [3.8, 4) is 5.75 Å². The molecule has 118 valence electrons. The molecule has 2 amide bonds. The van der Waals surface area contributed by atoms with Crippen molar-refractivity contribution in [1.29, 1.82) is 0 Å². The molecular formula is C19H20N2O2. The van der Waals surface area contributed by atoms with E-state index in [2.05, 4.69) is 11.4 Å². The van der Waals surface area contributed by atoms with Crippen molar-refractivity contribution in [2.24, 2.45) is 0 Å². The van der Waals surface area contributed by atoms with E-state index in [1.54, 1.807) is 4.90 Å². The average molecular weight is 308 g/mol. The number of nitrogens with one attached hydrogen (secondary N) is 1. The number of ether oxygens (including phenoxy) is 1. The highest BCUT2D eigenvalue weighted by atomic mass is 16.5. The van der Waals surface area contributed by atoms with Crippen LogP contribution in [0.5, 0.6) is 5.75 Å². The second kappa shape index (κ2) is 4.75. The third-order valence-electron chi connectivity index (χ3n) is 4.65. The molecule has 2 atom stereocenters. The molecule has 1 N–H and O–H groups in total. The van der Waals surface area contributed by atoms with Gasteiger partial charge in [-0.2, -0.15) is 0 Å². The van der Waals surface area contributed by atoms with E-state index in [4.69, 9.17) is 4.74 Å². The summed E-state index contributed by atoms with van der Waals surface area (Å²) >= 11 is 0. The van der Waals surface area contributed by atoms with Crippen molar-refractivity contribution in [3.63, 3.8) is 0 Å². The molecule has 0 unspecified atom stereocenters. The van der Waals surface area contributed by atoms with Gasteiger partial charge in [0.25, 0.3) is 0 Å². The first-order chi connectivity index (χ1) is 11.0. The Hall–Kier alpha value is -2.49. The van der Waals surface area contributed by atoms with E-state index in [-0.39, 0.29) is 12.1 Å². The molecule has 0 spiro atoms. The number of fused-ring (bicyclic) bond motifs is 4. The fourth-order valence-electron chi connectivity index (χ4n) is 3.79. The van der Waals surface area contributed by atoms with E-state index in [0.29, 0.717) is 0 Å². The lowest BCUT2D eigenvalue weighted by Crippen LogP contribution is -2.65. The molecule has 2 aliphatic rings. The molecule has 2 bridgehead atoms. The summed E-state index contributed by atoms with van der Waals surface area (Å²) in [4.78, 5) is 14.5. The van der Waals surface area contributed by atoms with E-state index in [1.807, 2.05) is 57.2 Å². The topological polar surface area (TPSA) is 41.6 Å². The van der Waals surface area contributed by atoms with E-state index in [0.717, 1.165) is 34.5 Å². The van der Waals surface area contributed by atoms with E-state index < -0.39 is 5.72 Å². The van der Waals surface area contributed by atoms with Crippen LogP contribution in [-0.4, -0.2) is 11.8 Å². The summed E-state index contributed by atoms with van der Waals surface area (Å²) in [5.41, 5.74) is 3.52. The van der Waals surface area contributed by atoms with Crippen LogP contribution in [0.2, 0.25) is 0 Å². The quantitative estimate of drug-likeness (QED) is 0.862. The van der Waals surface area contributed by atoms with Crippen molar-refractivity contribution < 1.29 is 9.53 Å². The molecule has 0 radical (unpaired) electrons. The number of para-hydroxylation sites is 1. The Morgan fingerprint density at radius 2 is 1.87 bits per heavy atom. The number of aryl methyl sites for hydroxylation is 2. The smallest absolute Gasteiger partial charge is 0.325 e. The van der Waals surface area contributed by atoms with Crippen molar-refractivity contribution in [3.05, 3.63) is 59.2 Å². The molecule has 4 nitrogen and oxygen atoms in total. The first-order valence-electron chi connectivity index (χ1n) is 7.93. The Labute approximate surface area is 136 Å². The van der Waals surface area contributed by atoms with Crippen LogP contribution in [0, 0.1) is 13.8 Å². The zero-order chi connectivity index (χ0) is 16.2. The maximum atomic E-state index is 12.8. The minimum absolute atomic E-state index is 0.000365. The molecular weight excluding hydrogens is 288 g/mol. The van der Waals surface area contributed by atoms with Gasteiger partial charge in [0.1, 0.15) is 5.75 Å². The van der Waals surface area contributed by atoms with E-state index in [9.17, 15) is 4.79 Å². The average Bonchev–Trinajstić information content (AvgIpc) is 2.45. The number of carbonyl (C=O) groups is 1. The second-order valence-corrected chi connectivity index (χ2v) is 6.70. The van der Waals surface area contributed by atoms with Gasteiger partial charge in [0.05, 0.1) is 6.04 Å². The fourth-order valence-corrected chi connectivity index (χ4v) is 3.79. The summed E-state index contributed by atoms with van der Waals surface area (Å²) in [6, 6.07) is 14.0. The van der Waals surface area contributed by atoms with Gasteiger partial charge < -0.3 is 10.1 Å². The molecule has 2 heterocycles. The Morgan fingerprint density at radius 1 is 1.17 bits per heavy atom. The third-order valence-corrected chi connectivity index (χ3v) is 4.65. The largest absolute Gasteiger partial charge is 0.467 e. The number of amides is 2. The van der Waals surface area contributed by atoms with Gasteiger partial charge in [0, 0.05) is 17.7 Å². The van der Waals surface area contributed by atoms with Gasteiger partial charge in [-0.15, -0.1) is 0 Å². The summed E-state index contributed by atoms with van der Waals surface area (Å²) in [5.74, 6) is 0.848. The maximum Gasteiger partial charge on any atom is 0.325 e. The first-order valence-corrected chi connectivity index (χ1v) is 7.93. The minimum Gasteiger partial charge on any atom is -0.467 e. The number of benzene rings is 2. The molecule has 1 saturated heterocycles. The van der Waals surface area contributed by atoms with Gasteiger partial charge in [0.2, 0.25) is 0 Å². The van der Waals surface area contributed by atoms with E-state index >= 15 is 0 Å². The van der Waals surface area contributed by atoms with Gasteiger partial charge in [-0.3, -0.25) is 4.90 Å². The van der Waals surface area contributed by atoms with Crippen LogP contribution in [0.1, 0.15) is 36.1 Å². The molecule has 0 aliphatic carbocycles. The highest BCUT2D eigenvalue weighted by molar-refractivity contribution is 5.95. The van der Waals surface area contributed by atoms with Gasteiger partial charge in [-0.25, -0.2) is 4.79 Å². The number of rotatable bonds is 1. The van der Waals surface area contributed by atoms with Crippen LogP contribution >= 0.6 is 0 Å². The monoisotopic (exact) mass is 308 g/mol. The minimum atomic E-state index is -0.679. The van der Waals surface area contributed by atoms with E-state index in [1.165, 1.54) is 0 Å². The summed E-state index contributed by atoms with van der Waals surface area (Å²) in [5, 5.41) is 3.12. The Kier molecular flexibility index (Phi) is 2.92. The van der Waals surface area contributed by atoms with Crippen LogP contribution in [0.15, 0.2) is 42.5 Å². The number of carbonyl (C=O) groups excluding carboxylic acids is 1. The van der Waals surface area contributed by atoms with Crippen molar-refractivity contribution in [1.82, 2.24) is 5.32 Å². The number of anilines is 1. The first kappa shape index (κ1) is 14.1. The lowest BCUT2D eigenvalue weighted by Gasteiger charge is -2.50. The number of hydrogen-bond donors (Lipinski definition) is 1. The maximum absolute atomic E-state index is 12.8. The van der Waals surface area contributed by atoms with Gasteiger partial charge in [-0.1, -0.05) is 24.3 Å². The lowest BCUT2D eigenvalue weighted by molar-refractivity contribution is 0.0379. The SMILES string of the molecule is Cc1cc(C)cc(N2C(=O)N[C@@H]3C[C@@]2(C)Oc2ccccc23)c1. The highest BCUT2D eigenvalue weighted by Crippen LogP contribution is 2.45. The Morgan fingerprint density at radius 3 is 2.61 bits per heavy atom. The summed E-state index contributed by atoms with van der Waals surface area (Å²) < 4.78 is 6.27. The molecule has 2 aromatic rings. The summed E-state index contributed by atoms with van der Waals surface area (Å²) in [6.45, 7) is 6.08. The van der Waals surface area contributed by atoms with Crippen molar-refractivity contribution >= 4 is 11.7 Å². The summed E-state index contributed by atoms with van der Waals surface area (Å²) in [7, 11) is 0. The van der Waals surface area contributed by atoms with Gasteiger partial charge in [-0.05, 0) is 50.1 Å². The molecule has 2 aliphatic heterocycles. The normalized spacial score (nSPS) is 25.4. The van der Waals surface area contributed by atoms with Crippen LogP contribution < -0.4 is 15.0 Å². The van der Waals surface area contributed by atoms with Gasteiger partial charge in [0.15, 0.2) is 5.72 Å². The molecule has 0 aromatic heterocycles. The zero-order valence-electron chi connectivity index (χ0n) is 13.6. The molecule has 0 saturated carbocycles. The van der Waals surface area contributed by atoms with Crippen LogP contribution in [0.4, 0.5) is 10.5 Å². The van der Waals surface area contributed by atoms with Gasteiger partial charge >= 0.3 is 6.03 Å². The zero-order valence-corrected chi connectivity index (χ0v) is 13.6. The number of nitrogens with zero attached hydrogens (tertiary/aromatic N) is 1. The highest BCUT2D eigenvalue weighted by Gasteiger charge is 2.49. The molecule has 2 aromatic carbocycles. The molecule has 1 fully saturated rings. The predicted octanol–water partition coefficient (Wildman–Crippen LogP) is 4.07. The molecule has 4 rings (SSSR count). The Bertz CT molecular complexity index is 781. The second-order valence-electron chi connectivity index (χ2n) is 6.70. The van der Waals surface area contributed by atoms with Crippen molar-refractivity contribution in [2.45, 2.75) is 39.0 Å². The number of hydrogen-bond acceptors (Lipinski definition) is 2. The van der Waals surface area contributed by atoms with Crippen LogP contribution in [-0.2, 0) is 0 Å². The van der Waals surface area contributed by atoms with Crippen LogP contribution in [0.3, 0.4) is 0 Å². The standard InChI is InChI=1S/C19H20N2O2/c1-12-8-13(2)10-14(9-12)21-18(22)20-16-11-19(21,3)23-17-7-5-4-6-15(16)17/h4-10,16H,11H2,1-3H3,(H,20,22)/t16-,19-/m1/s1. The van der Waals surface area contributed by atoms with Crippen LogP contribution in [0.25, 0.3) is 0 Å². The molecule has 4 heteroatoms.